The van der Waals surface area contributed by atoms with E-state index in [4.69, 9.17) is 0 Å². The Labute approximate surface area is 106 Å². The summed E-state index contributed by atoms with van der Waals surface area (Å²) in [6.45, 7) is 2.32. The van der Waals surface area contributed by atoms with Crippen LogP contribution in [0.15, 0.2) is 36.0 Å². The summed E-state index contributed by atoms with van der Waals surface area (Å²) in [6.07, 6.45) is 3.73. The number of nitrogens with zero attached hydrogens (tertiary/aromatic N) is 1. The van der Waals surface area contributed by atoms with Crippen LogP contribution < -0.4 is 0 Å². The van der Waals surface area contributed by atoms with E-state index in [1.165, 1.54) is 16.0 Å². The van der Waals surface area contributed by atoms with Crippen LogP contribution in [0, 0.1) is 12.8 Å². The molecule has 0 bridgehead atoms. The maximum absolute atomic E-state index is 9.42. The molecule has 1 heterocycles. The minimum atomic E-state index is 0.228. The van der Waals surface area contributed by atoms with Crippen molar-refractivity contribution in [1.82, 2.24) is 4.98 Å². The van der Waals surface area contributed by atoms with Crippen molar-refractivity contribution >= 4 is 11.3 Å². The van der Waals surface area contributed by atoms with Crippen molar-refractivity contribution in [2.75, 3.05) is 6.61 Å². The van der Waals surface area contributed by atoms with E-state index in [2.05, 4.69) is 36.2 Å². The van der Waals surface area contributed by atoms with E-state index in [0.717, 1.165) is 12.8 Å². The molecule has 3 heteroatoms. The number of aryl methyl sites for hydroxylation is 1. The number of aliphatic hydroxyl groups excluding tert-OH is 1. The molecule has 0 aliphatic rings. The predicted octanol–water partition coefficient (Wildman–Crippen LogP) is 2.85. The largest absolute Gasteiger partial charge is 0.396 e. The molecule has 0 amide bonds. The van der Waals surface area contributed by atoms with Gasteiger partial charge in [0.05, 0.1) is 5.51 Å². The molecule has 0 spiro atoms. The zero-order valence-electron chi connectivity index (χ0n) is 9.97. The molecule has 0 fully saturated rings. The van der Waals surface area contributed by atoms with Gasteiger partial charge in [-0.15, -0.1) is 11.3 Å². The molecule has 1 aromatic heterocycles. The number of aliphatic hydroxyl groups is 1. The van der Waals surface area contributed by atoms with Crippen LogP contribution >= 0.6 is 11.3 Å². The molecule has 2 nitrogen and oxygen atoms in total. The Hall–Kier alpha value is -1.19. The summed E-state index contributed by atoms with van der Waals surface area (Å²) in [5.74, 6) is 0.290. The van der Waals surface area contributed by atoms with Crippen LogP contribution in [0.4, 0.5) is 0 Å². The fourth-order valence-corrected chi connectivity index (χ4v) is 2.60. The van der Waals surface area contributed by atoms with Crippen LogP contribution in [0.5, 0.6) is 0 Å². The van der Waals surface area contributed by atoms with Gasteiger partial charge in [0.25, 0.3) is 0 Å². The van der Waals surface area contributed by atoms with Gasteiger partial charge in [0.15, 0.2) is 0 Å². The topological polar surface area (TPSA) is 33.1 Å². The van der Waals surface area contributed by atoms with E-state index in [1.54, 1.807) is 11.3 Å². The number of thiazole rings is 1. The highest BCUT2D eigenvalue weighted by atomic mass is 32.1. The van der Waals surface area contributed by atoms with E-state index in [-0.39, 0.29) is 12.5 Å². The van der Waals surface area contributed by atoms with Crippen LogP contribution in [0.3, 0.4) is 0 Å². The van der Waals surface area contributed by atoms with Crippen molar-refractivity contribution < 1.29 is 5.11 Å². The molecular weight excluding hydrogens is 230 g/mol. The molecule has 0 saturated carbocycles. The van der Waals surface area contributed by atoms with Gasteiger partial charge in [-0.25, -0.2) is 0 Å². The lowest BCUT2D eigenvalue weighted by atomic mass is 9.96. The third-order valence-electron chi connectivity index (χ3n) is 2.88. The lowest BCUT2D eigenvalue weighted by Crippen LogP contribution is -2.12. The molecule has 1 unspecified atom stereocenters. The SMILES string of the molecule is Cc1ccc(CC(CO)Cc2cncs2)cc1. The number of benzene rings is 1. The van der Waals surface area contributed by atoms with Crippen LogP contribution in [-0.4, -0.2) is 16.7 Å². The summed E-state index contributed by atoms with van der Waals surface area (Å²) in [6, 6.07) is 8.53. The minimum absolute atomic E-state index is 0.228. The maximum atomic E-state index is 9.42. The first-order valence-electron chi connectivity index (χ1n) is 5.81. The lowest BCUT2D eigenvalue weighted by Gasteiger charge is -2.13. The second kappa shape index (κ2) is 5.94. The lowest BCUT2D eigenvalue weighted by molar-refractivity contribution is 0.225. The van der Waals surface area contributed by atoms with Gasteiger partial charge in [-0.05, 0) is 31.2 Å². The summed E-state index contributed by atoms with van der Waals surface area (Å²) < 4.78 is 0. The minimum Gasteiger partial charge on any atom is -0.396 e. The second-order valence-corrected chi connectivity index (χ2v) is 5.38. The van der Waals surface area contributed by atoms with Crippen molar-refractivity contribution in [2.24, 2.45) is 5.92 Å². The zero-order valence-corrected chi connectivity index (χ0v) is 10.8. The average molecular weight is 247 g/mol. The van der Waals surface area contributed by atoms with Crippen molar-refractivity contribution in [3.05, 3.63) is 52.0 Å². The second-order valence-electron chi connectivity index (χ2n) is 4.41. The summed E-state index contributed by atoms with van der Waals surface area (Å²) in [5.41, 5.74) is 4.41. The Balaban J connectivity index is 1.97. The van der Waals surface area contributed by atoms with Crippen LogP contribution in [0.25, 0.3) is 0 Å². The van der Waals surface area contributed by atoms with Gasteiger partial charge in [0, 0.05) is 17.7 Å². The molecule has 17 heavy (non-hydrogen) atoms. The van der Waals surface area contributed by atoms with E-state index >= 15 is 0 Å². The first kappa shape index (κ1) is 12.3. The molecule has 1 aromatic carbocycles. The zero-order chi connectivity index (χ0) is 12.1. The van der Waals surface area contributed by atoms with Crippen LogP contribution in [0.2, 0.25) is 0 Å². The normalized spacial score (nSPS) is 12.6. The van der Waals surface area contributed by atoms with Crippen molar-refractivity contribution in [1.29, 1.82) is 0 Å². The molecule has 1 N–H and O–H groups in total. The highest BCUT2D eigenvalue weighted by Crippen LogP contribution is 2.17. The van der Waals surface area contributed by atoms with Crippen LogP contribution in [-0.2, 0) is 12.8 Å². The quantitative estimate of drug-likeness (QED) is 0.881. The highest BCUT2D eigenvalue weighted by molar-refractivity contribution is 7.09. The molecule has 0 saturated heterocycles. The summed E-state index contributed by atoms with van der Waals surface area (Å²) in [5, 5.41) is 9.42. The average Bonchev–Trinajstić information content (AvgIpc) is 2.84. The maximum Gasteiger partial charge on any atom is 0.0794 e. The number of rotatable bonds is 5. The Morgan fingerprint density at radius 1 is 1.24 bits per heavy atom. The fourth-order valence-electron chi connectivity index (χ4n) is 1.89. The van der Waals surface area contributed by atoms with Crippen molar-refractivity contribution in [3.63, 3.8) is 0 Å². The van der Waals surface area contributed by atoms with E-state index in [1.807, 2.05) is 11.7 Å². The Bertz CT molecular complexity index is 436. The highest BCUT2D eigenvalue weighted by Gasteiger charge is 2.10. The standard InChI is InChI=1S/C14H17NOS/c1-11-2-4-12(5-3-11)6-13(9-16)7-14-8-15-10-17-14/h2-5,8,10,13,16H,6-7,9H2,1H3. The first-order chi connectivity index (χ1) is 8.28. The van der Waals surface area contributed by atoms with E-state index in [9.17, 15) is 5.11 Å². The summed E-state index contributed by atoms with van der Waals surface area (Å²) in [7, 11) is 0. The van der Waals surface area contributed by atoms with Gasteiger partial charge >= 0.3 is 0 Å². The molecule has 2 aromatic rings. The summed E-state index contributed by atoms with van der Waals surface area (Å²) in [4.78, 5) is 5.31. The molecular formula is C14H17NOS. The third kappa shape index (κ3) is 3.65. The monoisotopic (exact) mass is 247 g/mol. The van der Waals surface area contributed by atoms with Gasteiger partial charge < -0.3 is 5.11 Å². The van der Waals surface area contributed by atoms with Gasteiger partial charge in [-0.3, -0.25) is 4.98 Å². The molecule has 90 valence electrons. The Kier molecular flexibility index (Phi) is 4.29. The molecule has 0 radical (unpaired) electrons. The number of hydrogen-bond acceptors (Lipinski definition) is 3. The van der Waals surface area contributed by atoms with Gasteiger partial charge in [-0.1, -0.05) is 29.8 Å². The third-order valence-corrected chi connectivity index (χ3v) is 3.68. The fraction of sp³-hybridized carbons (Fsp3) is 0.357. The summed E-state index contributed by atoms with van der Waals surface area (Å²) >= 11 is 1.66. The van der Waals surface area contributed by atoms with Gasteiger partial charge in [-0.2, -0.15) is 0 Å². The Morgan fingerprint density at radius 2 is 2.00 bits per heavy atom. The number of hydrogen-bond donors (Lipinski definition) is 1. The van der Waals surface area contributed by atoms with Crippen molar-refractivity contribution in [2.45, 2.75) is 19.8 Å². The first-order valence-corrected chi connectivity index (χ1v) is 6.69. The Morgan fingerprint density at radius 3 is 2.59 bits per heavy atom. The van der Waals surface area contributed by atoms with E-state index in [0.29, 0.717) is 0 Å². The molecule has 1 atom stereocenters. The van der Waals surface area contributed by atoms with E-state index < -0.39 is 0 Å². The number of aromatic nitrogens is 1. The van der Waals surface area contributed by atoms with Gasteiger partial charge in [0.2, 0.25) is 0 Å². The van der Waals surface area contributed by atoms with Gasteiger partial charge in [0.1, 0.15) is 0 Å². The van der Waals surface area contributed by atoms with Crippen LogP contribution in [0.1, 0.15) is 16.0 Å². The smallest absolute Gasteiger partial charge is 0.0794 e. The molecule has 0 aliphatic heterocycles. The molecule has 2 rings (SSSR count). The predicted molar refractivity (Wildman–Crippen MR) is 71.3 cm³/mol. The van der Waals surface area contributed by atoms with Crippen molar-refractivity contribution in [3.8, 4) is 0 Å². The molecule has 0 aliphatic carbocycles.